The molecule has 0 aliphatic carbocycles. The summed E-state index contributed by atoms with van der Waals surface area (Å²) in [4.78, 5) is 41.6. The summed E-state index contributed by atoms with van der Waals surface area (Å²) in [5.74, 6) is -0.855. The Bertz CT molecular complexity index is 801. The fourth-order valence-corrected chi connectivity index (χ4v) is 1.87. The number of amides is 1. The van der Waals surface area contributed by atoms with E-state index in [1.54, 1.807) is 6.92 Å². The number of carbonyl (C=O) groups excluding carboxylic acids is 2. The average molecular weight is 322 g/mol. The molecule has 0 saturated heterocycles. The van der Waals surface area contributed by atoms with Gasteiger partial charge in [-0.3, -0.25) is 9.59 Å². The van der Waals surface area contributed by atoms with Crippen LogP contribution in [0.1, 0.15) is 26.5 Å². The van der Waals surface area contributed by atoms with E-state index >= 15 is 0 Å². The Morgan fingerprint density at radius 1 is 1.36 bits per heavy atom. The molecule has 0 atom stereocenters. The summed E-state index contributed by atoms with van der Waals surface area (Å²) in [7, 11) is 1.24. The smallest absolute Gasteiger partial charge is 0.337 e. The van der Waals surface area contributed by atoms with Crippen LogP contribution in [0.25, 0.3) is 0 Å². The van der Waals surface area contributed by atoms with Gasteiger partial charge in [0, 0.05) is 6.20 Å². The number of anilines is 1. The minimum atomic E-state index is -0.683. The summed E-state index contributed by atoms with van der Waals surface area (Å²) in [6, 6.07) is 4.27. The number of benzene rings is 1. The average Bonchev–Trinajstić information content (AvgIpc) is 2.48. The maximum atomic E-state index is 12.1. The van der Waals surface area contributed by atoms with Gasteiger partial charge < -0.3 is 15.0 Å². The summed E-state index contributed by atoms with van der Waals surface area (Å²) >= 11 is 5.97. The maximum Gasteiger partial charge on any atom is 0.337 e. The Kier molecular flexibility index (Phi) is 4.57. The zero-order chi connectivity index (χ0) is 16.3. The van der Waals surface area contributed by atoms with Crippen LogP contribution in [0.15, 0.2) is 29.2 Å². The van der Waals surface area contributed by atoms with Gasteiger partial charge in [-0.15, -0.1) is 0 Å². The predicted molar refractivity (Wildman–Crippen MR) is 80.3 cm³/mol. The molecule has 1 aromatic carbocycles. The van der Waals surface area contributed by atoms with Crippen molar-refractivity contribution in [1.29, 1.82) is 0 Å². The number of ether oxygens (including phenoxy) is 1. The zero-order valence-corrected chi connectivity index (χ0v) is 12.5. The molecule has 0 unspecified atom stereocenters. The van der Waals surface area contributed by atoms with E-state index in [2.05, 4.69) is 20.0 Å². The number of hydrogen-bond donors (Lipinski definition) is 2. The minimum Gasteiger partial charge on any atom is -0.465 e. The van der Waals surface area contributed by atoms with Gasteiger partial charge in [-0.2, -0.15) is 0 Å². The summed E-state index contributed by atoms with van der Waals surface area (Å²) < 4.78 is 4.59. The highest BCUT2D eigenvalue weighted by Crippen LogP contribution is 2.23. The van der Waals surface area contributed by atoms with Gasteiger partial charge >= 0.3 is 5.97 Å². The molecule has 0 aliphatic heterocycles. The molecule has 114 valence electrons. The number of carbonyl (C=O) groups is 2. The maximum absolute atomic E-state index is 12.1. The monoisotopic (exact) mass is 321 g/mol. The highest BCUT2D eigenvalue weighted by Gasteiger charge is 2.15. The van der Waals surface area contributed by atoms with Gasteiger partial charge in [0.2, 0.25) is 0 Å². The highest BCUT2D eigenvalue weighted by molar-refractivity contribution is 6.34. The molecular formula is C14H12ClN3O4. The Morgan fingerprint density at radius 3 is 2.73 bits per heavy atom. The van der Waals surface area contributed by atoms with Crippen molar-refractivity contribution in [3.63, 3.8) is 0 Å². The molecule has 8 heteroatoms. The first kappa shape index (κ1) is 15.7. The van der Waals surface area contributed by atoms with Crippen LogP contribution in [-0.2, 0) is 4.74 Å². The molecule has 7 nitrogen and oxygen atoms in total. The first-order valence-electron chi connectivity index (χ1n) is 6.17. The van der Waals surface area contributed by atoms with Crippen LogP contribution in [0.4, 0.5) is 5.69 Å². The van der Waals surface area contributed by atoms with Crippen molar-refractivity contribution in [2.24, 2.45) is 0 Å². The van der Waals surface area contributed by atoms with Crippen LogP contribution in [0.3, 0.4) is 0 Å². The second kappa shape index (κ2) is 6.40. The van der Waals surface area contributed by atoms with E-state index in [1.807, 2.05) is 0 Å². The third-order valence-corrected chi connectivity index (χ3v) is 3.14. The molecule has 2 rings (SSSR count). The largest absolute Gasteiger partial charge is 0.465 e. The summed E-state index contributed by atoms with van der Waals surface area (Å²) in [5.41, 5.74) is -0.317. The number of nitrogens with zero attached hydrogens (tertiary/aromatic N) is 1. The van der Waals surface area contributed by atoms with Crippen LogP contribution in [0.5, 0.6) is 0 Å². The number of aromatic nitrogens is 2. The van der Waals surface area contributed by atoms with Gasteiger partial charge in [0.25, 0.3) is 11.5 Å². The lowest BCUT2D eigenvalue weighted by Gasteiger charge is -2.08. The molecule has 2 aromatic rings. The fraction of sp³-hybridized carbons (Fsp3) is 0.143. The van der Waals surface area contributed by atoms with Crippen molar-refractivity contribution in [1.82, 2.24) is 9.97 Å². The van der Waals surface area contributed by atoms with Crippen molar-refractivity contribution >= 4 is 29.2 Å². The van der Waals surface area contributed by atoms with E-state index in [0.29, 0.717) is 5.82 Å². The van der Waals surface area contributed by atoms with Crippen molar-refractivity contribution in [3.05, 3.63) is 56.7 Å². The fourth-order valence-electron chi connectivity index (χ4n) is 1.70. The minimum absolute atomic E-state index is 0.162. The second-order valence-electron chi connectivity index (χ2n) is 4.35. The molecule has 1 heterocycles. The van der Waals surface area contributed by atoms with Crippen molar-refractivity contribution in [2.45, 2.75) is 6.92 Å². The number of aryl methyl sites for hydroxylation is 1. The van der Waals surface area contributed by atoms with Crippen LogP contribution < -0.4 is 10.9 Å². The number of methoxy groups -OCH3 is 1. The highest BCUT2D eigenvalue weighted by atomic mass is 35.5. The number of rotatable bonds is 3. The molecule has 0 bridgehead atoms. The quantitative estimate of drug-likeness (QED) is 0.839. The second-order valence-corrected chi connectivity index (χ2v) is 4.76. The van der Waals surface area contributed by atoms with Gasteiger partial charge in [-0.1, -0.05) is 11.6 Å². The Hall–Kier alpha value is -2.67. The number of esters is 1. The first-order valence-corrected chi connectivity index (χ1v) is 6.55. The third-order valence-electron chi connectivity index (χ3n) is 2.81. The number of halogens is 1. The summed E-state index contributed by atoms with van der Waals surface area (Å²) in [6.07, 6.45) is 1.17. The predicted octanol–water partition coefficient (Wildman–Crippen LogP) is 1.77. The van der Waals surface area contributed by atoms with E-state index in [9.17, 15) is 14.4 Å². The molecule has 1 amide bonds. The number of aromatic amines is 1. The lowest BCUT2D eigenvalue weighted by molar-refractivity contribution is 0.0600. The van der Waals surface area contributed by atoms with Crippen LogP contribution in [-0.4, -0.2) is 29.0 Å². The van der Waals surface area contributed by atoms with Gasteiger partial charge in [0.1, 0.15) is 11.4 Å². The SMILES string of the molecule is COC(=O)c1ccc(Cl)c(NC(=O)c2cnc(C)[nH]c2=O)c1. The summed E-state index contributed by atoms with van der Waals surface area (Å²) in [5, 5.41) is 2.69. The number of nitrogens with one attached hydrogen (secondary N) is 2. The Balaban J connectivity index is 2.32. The normalized spacial score (nSPS) is 10.1. The lowest BCUT2D eigenvalue weighted by atomic mass is 10.2. The molecule has 0 saturated carbocycles. The molecule has 1 aromatic heterocycles. The van der Waals surface area contributed by atoms with Crippen LogP contribution in [0, 0.1) is 6.92 Å². The van der Waals surface area contributed by atoms with Crippen molar-refractivity contribution < 1.29 is 14.3 Å². The Labute approximate surface area is 130 Å². The van der Waals surface area contributed by atoms with Crippen LogP contribution in [0.2, 0.25) is 5.02 Å². The van der Waals surface area contributed by atoms with E-state index < -0.39 is 17.4 Å². The Morgan fingerprint density at radius 2 is 2.09 bits per heavy atom. The molecule has 22 heavy (non-hydrogen) atoms. The first-order chi connectivity index (χ1) is 10.4. The van der Waals surface area contributed by atoms with Gasteiger partial charge in [0.15, 0.2) is 0 Å². The van der Waals surface area contributed by atoms with E-state index in [4.69, 9.17) is 11.6 Å². The zero-order valence-electron chi connectivity index (χ0n) is 11.8. The van der Waals surface area contributed by atoms with Crippen LogP contribution >= 0.6 is 11.6 Å². The third kappa shape index (κ3) is 3.32. The molecule has 0 radical (unpaired) electrons. The summed E-state index contributed by atoms with van der Waals surface area (Å²) in [6.45, 7) is 1.60. The lowest BCUT2D eigenvalue weighted by Crippen LogP contribution is -2.24. The van der Waals surface area contributed by atoms with Gasteiger partial charge in [-0.05, 0) is 25.1 Å². The van der Waals surface area contributed by atoms with E-state index in [1.165, 1.54) is 31.5 Å². The van der Waals surface area contributed by atoms with Gasteiger partial charge in [0.05, 0.1) is 23.4 Å². The van der Waals surface area contributed by atoms with Crippen molar-refractivity contribution in [3.8, 4) is 0 Å². The molecular weight excluding hydrogens is 310 g/mol. The molecule has 2 N–H and O–H groups in total. The van der Waals surface area contributed by atoms with Crippen molar-refractivity contribution in [2.75, 3.05) is 12.4 Å². The molecule has 0 fully saturated rings. The van der Waals surface area contributed by atoms with E-state index in [0.717, 1.165) is 0 Å². The number of hydrogen-bond acceptors (Lipinski definition) is 5. The van der Waals surface area contributed by atoms with Gasteiger partial charge in [-0.25, -0.2) is 9.78 Å². The molecule has 0 aliphatic rings. The number of H-pyrrole nitrogens is 1. The standard InChI is InChI=1S/C14H12ClN3O4/c1-7-16-6-9(12(19)17-7)13(20)18-11-5-8(14(21)22-2)3-4-10(11)15/h3-6H,1-2H3,(H,18,20)(H,16,17,19). The topological polar surface area (TPSA) is 101 Å². The van der Waals surface area contributed by atoms with E-state index in [-0.39, 0.29) is 21.8 Å². The molecule has 0 spiro atoms.